The molecule has 3 nitrogen and oxygen atoms in total. The summed E-state index contributed by atoms with van der Waals surface area (Å²) in [4.78, 5) is 0. The third kappa shape index (κ3) is 4.43. The molecule has 0 bridgehead atoms. The van der Waals surface area contributed by atoms with Crippen molar-refractivity contribution in [3.05, 3.63) is 60.7 Å². The standard InChI is InChI=1S/C22H24O3/c1-2-3-19-12-18(8-11-22(19)25-13-16-4-5-16)17-6-9-20(10-7-17)23-14-21-15-24-21/h2,6-12,16,21H,1,3-5,13-15H2. The van der Waals surface area contributed by atoms with Crippen molar-refractivity contribution in [2.75, 3.05) is 19.8 Å². The monoisotopic (exact) mass is 336 g/mol. The first-order valence-corrected chi connectivity index (χ1v) is 9.03. The van der Waals surface area contributed by atoms with E-state index in [1.807, 2.05) is 18.2 Å². The molecule has 0 radical (unpaired) electrons. The van der Waals surface area contributed by atoms with Gasteiger partial charge in [0.25, 0.3) is 0 Å². The van der Waals surface area contributed by atoms with E-state index in [4.69, 9.17) is 14.2 Å². The Morgan fingerprint density at radius 2 is 1.76 bits per heavy atom. The summed E-state index contributed by atoms with van der Waals surface area (Å²) in [5.41, 5.74) is 3.56. The lowest BCUT2D eigenvalue weighted by Crippen LogP contribution is -2.03. The molecule has 2 aromatic carbocycles. The molecule has 1 heterocycles. The SMILES string of the molecule is C=CCc1cc(-c2ccc(OCC3CO3)cc2)ccc1OCC1CC1. The van der Waals surface area contributed by atoms with Gasteiger partial charge in [0, 0.05) is 0 Å². The van der Waals surface area contributed by atoms with Gasteiger partial charge in [0.2, 0.25) is 0 Å². The average molecular weight is 336 g/mol. The van der Waals surface area contributed by atoms with Crippen molar-refractivity contribution in [2.24, 2.45) is 5.92 Å². The molecule has 2 fully saturated rings. The van der Waals surface area contributed by atoms with Crippen LogP contribution in [0.5, 0.6) is 11.5 Å². The van der Waals surface area contributed by atoms with Gasteiger partial charge < -0.3 is 14.2 Å². The normalized spacial score (nSPS) is 18.6. The van der Waals surface area contributed by atoms with Gasteiger partial charge in [0.1, 0.15) is 24.2 Å². The number of benzene rings is 2. The highest BCUT2D eigenvalue weighted by molar-refractivity contribution is 5.66. The van der Waals surface area contributed by atoms with Crippen LogP contribution in [0.2, 0.25) is 0 Å². The minimum Gasteiger partial charge on any atom is -0.493 e. The second-order valence-electron chi connectivity index (χ2n) is 6.86. The van der Waals surface area contributed by atoms with E-state index < -0.39 is 0 Å². The fourth-order valence-electron chi connectivity index (χ4n) is 2.80. The van der Waals surface area contributed by atoms with Crippen molar-refractivity contribution in [1.82, 2.24) is 0 Å². The first-order valence-electron chi connectivity index (χ1n) is 9.03. The summed E-state index contributed by atoms with van der Waals surface area (Å²) in [6.45, 7) is 6.16. The fraction of sp³-hybridized carbons (Fsp3) is 0.364. The quantitative estimate of drug-likeness (QED) is 0.493. The Morgan fingerprint density at radius 3 is 2.44 bits per heavy atom. The Hall–Kier alpha value is -2.26. The zero-order chi connectivity index (χ0) is 17.1. The Bertz CT molecular complexity index is 727. The molecule has 3 heteroatoms. The highest BCUT2D eigenvalue weighted by Gasteiger charge is 2.23. The maximum atomic E-state index is 6.00. The van der Waals surface area contributed by atoms with E-state index in [1.165, 1.54) is 29.5 Å². The molecule has 1 unspecified atom stereocenters. The van der Waals surface area contributed by atoms with Crippen LogP contribution in [-0.2, 0) is 11.2 Å². The minimum absolute atomic E-state index is 0.282. The van der Waals surface area contributed by atoms with Crippen molar-refractivity contribution >= 4 is 0 Å². The average Bonchev–Trinajstić information content (AvgIpc) is 3.55. The molecule has 0 spiro atoms. The summed E-state index contributed by atoms with van der Waals surface area (Å²) in [6, 6.07) is 14.7. The van der Waals surface area contributed by atoms with Crippen LogP contribution in [0.3, 0.4) is 0 Å². The first kappa shape index (κ1) is 16.2. The Kier molecular flexibility index (Phi) is 4.75. The van der Waals surface area contributed by atoms with Gasteiger partial charge in [0.15, 0.2) is 0 Å². The largest absolute Gasteiger partial charge is 0.493 e. The molecule has 0 amide bonds. The number of rotatable bonds is 9. The predicted molar refractivity (Wildman–Crippen MR) is 99.2 cm³/mol. The van der Waals surface area contributed by atoms with Gasteiger partial charge in [-0.15, -0.1) is 6.58 Å². The number of ether oxygens (including phenoxy) is 3. The molecule has 4 rings (SSSR count). The van der Waals surface area contributed by atoms with Gasteiger partial charge in [-0.3, -0.25) is 0 Å². The van der Waals surface area contributed by atoms with Crippen molar-refractivity contribution in [3.63, 3.8) is 0 Å². The second-order valence-corrected chi connectivity index (χ2v) is 6.86. The van der Waals surface area contributed by atoms with Crippen LogP contribution in [0.1, 0.15) is 18.4 Å². The van der Waals surface area contributed by atoms with Crippen LogP contribution in [0, 0.1) is 5.92 Å². The number of allylic oxidation sites excluding steroid dienone is 1. The lowest BCUT2D eigenvalue weighted by Gasteiger charge is -2.13. The zero-order valence-corrected chi connectivity index (χ0v) is 14.4. The van der Waals surface area contributed by atoms with Crippen LogP contribution in [0.15, 0.2) is 55.1 Å². The van der Waals surface area contributed by atoms with Crippen molar-refractivity contribution in [2.45, 2.75) is 25.4 Å². The van der Waals surface area contributed by atoms with Crippen LogP contribution in [0.25, 0.3) is 11.1 Å². The third-order valence-corrected chi connectivity index (χ3v) is 4.62. The van der Waals surface area contributed by atoms with E-state index in [0.717, 1.165) is 37.1 Å². The molecule has 0 aromatic heterocycles. The minimum atomic E-state index is 0.282. The Balaban J connectivity index is 1.47. The maximum Gasteiger partial charge on any atom is 0.122 e. The molecule has 1 saturated heterocycles. The van der Waals surface area contributed by atoms with Gasteiger partial charge in [-0.25, -0.2) is 0 Å². The van der Waals surface area contributed by atoms with Gasteiger partial charge >= 0.3 is 0 Å². The molecular weight excluding hydrogens is 312 g/mol. The highest BCUT2D eigenvalue weighted by atomic mass is 16.6. The molecular formula is C22H24O3. The highest BCUT2D eigenvalue weighted by Crippen LogP contribution is 2.32. The number of hydrogen-bond acceptors (Lipinski definition) is 3. The first-order chi connectivity index (χ1) is 12.3. The number of hydrogen-bond donors (Lipinski definition) is 0. The van der Waals surface area contributed by atoms with E-state index >= 15 is 0 Å². The molecule has 1 aliphatic carbocycles. The second kappa shape index (κ2) is 7.32. The predicted octanol–water partition coefficient (Wildman–Crippen LogP) is 4.65. The summed E-state index contributed by atoms with van der Waals surface area (Å²) in [5, 5.41) is 0. The Morgan fingerprint density at radius 1 is 1.00 bits per heavy atom. The third-order valence-electron chi connectivity index (χ3n) is 4.62. The lowest BCUT2D eigenvalue weighted by atomic mass is 10.0. The summed E-state index contributed by atoms with van der Waals surface area (Å²) < 4.78 is 16.9. The van der Waals surface area contributed by atoms with E-state index in [-0.39, 0.29) is 6.10 Å². The van der Waals surface area contributed by atoms with Crippen LogP contribution in [0.4, 0.5) is 0 Å². The van der Waals surface area contributed by atoms with Crippen molar-refractivity contribution in [3.8, 4) is 22.6 Å². The summed E-state index contributed by atoms with van der Waals surface area (Å²) in [5.74, 6) is 2.62. The summed E-state index contributed by atoms with van der Waals surface area (Å²) in [6.07, 6.45) is 5.63. The fourth-order valence-corrected chi connectivity index (χ4v) is 2.80. The molecule has 2 aromatic rings. The molecule has 25 heavy (non-hydrogen) atoms. The molecule has 1 saturated carbocycles. The molecule has 1 aliphatic heterocycles. The maximum absolute atomic E-state index is 6.00. The molecule has 130 valence electrons. The van der Waals surface area contributed by atoms with E-state index in [9.17, 15) is 0 Å². The smallest absolute Gasteiger partial charge is 0.122 e. The topological polar surface area (TPSA) is 31.0 Å². The van der Waals surface area contributed by atoms with Gasteiger partial charge in [0.05, 0.1) is 13.2 Å². The van der Waals surface area contributed by atoms with Gasteiger partial charge in [-0.1, -0.05) is 24.3 Å². The zero-order valence-electron chi connectivity index (χ0n) is 14.4. The van der Waals surface area contributed by atoms with Crippen molar-refractivity contribution in [1.29, 1.82) is 0 Å². The van der Waals surface area contributed by atoms with Crippen LogP contribution in [-0.4, -0.2) is 25.9 Å². The van der Waals surface area contributed by atoms with E-state index in [0.29, 0.717) is 6.61 Å². The van der Waals surface area contributed by atoms with Gasteiger partial charge in [-0.05, 0) is 66.1 Å². The molecule has 0 N–H and O–H groups in total. The van der Waals surface area contributed by atoms with E-state index in [2.05, 4.69) is 36.9 Å². The molecule has 1 atom stereocenters. The van der Waals surface area contributed by atoms with Crippen molar-refractivity contribution < 1.29 is 14.2 Å². The van der Waals surface area contributed by atoms with Crippen LogP contribution >= 0.6 is 0 Å². The number of epoxide rings is 1. The summed E-state index contributed by atoms with van der Waals surface area (Å²) >= 11 is 0. The summed E-state index contributed by atoms with van der Waals surface area (Å²) in [7, 11) is 0. The van der Waals surface area contributed by atoms with E-state index in [1.54, 1.807) is 0 Å². The molecule has 2 aliphatic rings. The Labute approximate surface area is 149 Å². The lowest BCUT2D eigenvalue weighted by molar-refractivity contribution is 0.263. The van der Waals surface area contributed by atoms with Gasteiger partial charge in [-0.2, -0.15) is 0 Å². The van der Waals surface area contributed by atoms with Crippen LogP contribution < -0.4 is 9.47 Å².